The first-order chi connectivity index (χ1) is 9.66. The molecule has 110 valence electrons. The zero-order chi connectivity index (χ0) is 14.0. The van der Waals surface area contributed by atoms with E-state index in [1.54, 1.807) is 0 Å². The number of hydrogen-bond acceptors (Lipinski definition) is 4. The fraction of sp³-hybridized carbons (Fsp3) is 0.600. The van der Waals surface area contributed by atoms with E-state index in [1.165, 1.54) is 0 Å². The van der Waals surface area contributed by atoms with Crippen LogP contribution in [-0.2, 0) is 11.3 Å². The largest absolute Gasteiger partial charge is 0.454 e. The molecule has 5 heteroatoms. The molecule has 20 heavy (non-hydrogen) atoms. The van der Waals surface area contributed by atoms with Gasteiger partial charge in [-0.25, -0.2) is 0 Å². The highest BCUT2D eigenvalue weighted by Crippen LogP contribution is 2.39. The van der Waals surface area contributed by atoms with Crippen molar-refractivity contribution < 1.29 is 14.2 Å². The van der Waals surface area contributed by atoms with E-state index in [0.717, 1.165) is 50.5 Å². The van der Waals surface area contributed by atoms with Crippen molar-refractivity contribution in [3.05, 3.63) is 22.7 Å². The maximum absolute atomic E-state index is 6.18. The molecule has 1 fully saturated rings. The summed E-state index contributed by atoms with van der Waals surface area (Å²) < 4.78 is 16.1. The Morgan fingerprint density at radius 1 is 1.25 bits per heavy atom. The standard InChI is InChI=1S/C15H20ClNO3/c1-15(2-4-18-5-3-15)9-17-8-11-6-12(16)14-13(7-11)19-10-20-14/h6-7,17H,2-5,8-10H2,1H3. The van der Waals surface area contributed by atoms with Gasteiger partial charge in [0.1, 0.15) is 0 Å². The van der Waals surface area contributed by atoms with E-state index < -0.39 is 0 Å². The minimum Gasteiger partial charge on any atom is -0.454 e. The lowest BCUT2D eigenvalue weighted by molar-refractivity contribution is 0.0240. The Bertz CT molecular complexity index is 486. The summed E-state index contributed by atoms with van der Waals surface area (Å²) in [6.07, 6.45) is 2.23. The van der Waals surface area contributed by atoms with Gasteiger partial charge in [-0.3, -0.25) is 0 Å². The zero-order valence-electron chi connectivity index (χ0n) is 11.7. The van der Waals surface area contributed by atoms with E-state index in [-0.39, 0.29) is 6.79 Å². The van der Waals surface area contributed by atoms with Crippen LogP contribution in [0, 0.1) is 5.41 Å². The summed E-state index contributed by atoms with van der Waals surface area (Å²) in [5.41, 5.74) is 1.45. The first-order valence-electron chi connectivity index (χ1n) is 7.03. The normalized spacial score (nSPS) is 20.1. The van der Waals surface area contributed by atoms with Crippen molar-refractivity contribution in [2.45, 2.75) is 26.3 Å². The average molecular weight is 298 g/mol. The maximum atomic E-state index is 6.18. The second-order valence-corrected chi connectivity index (χ2v) is 6.25. The van der Waals surface area contributed by atoms with Crippen LogP contribution in [0.2, 0.25) is 5.02 Å². The molecule has 4 nitrogen and oxygen atoms in total. The van der Waals surface area contributed by atoms with Gasteiger partial charge >= 0.3 is 0 Å². The van der Waals surface area contributed by atoms with Crippen molar-refractivity contribution in [3.63, 3.8) is 0 Å². The van der Waals surface area contributed by atoms with Crippen LogP contribution in [-0.4, -0.2) is 26.6 Å². The lowest BCUT2D eigenvalue weighted by Gasteiger charge is -2.33. The SMILES string of the molecule is CC1(CNCc2cc(Cl)c3c(c2)OCO3)CCOCC1. The minimum absolute atomic E-state index is 0.254. The summed E-state index contributed by atoms with van der Waals surface area (Å²) in [7, 11) is 0. The quantitative estimate of drug-likeness (QED) is 0.927. The third-order valence-electron chi connectivity index (χ3n) is 4.07. The fourth-order valence-corrected chi connectivity index (χ4v) is 2.96. The number of benzene rings is 1. The first kappa shape index (κ1) is 14.0. The van der Waals surface area contributed by atoms with E-state index in [1.807, 2.05) is 12.1 Å². The van der Waals surface area contributed by atoms with E-state index >= 15 is 0 Å². The highest BCUT2D eigenvalue weighted by molar-refractivity contribution is 6.32. The van der Waals surface area contributed by atoms with Crippen molar-refractivity contribution in [2.75, 3.05) is 26.6 Å². The minimum atomic E-state index is 0.254. The number of halogens is 1. The first-order valence-corrected chi connectivity index (χ1v) is 7.41. The maximum Gasteiger partial charge on any atom is 0.231 e. The molecule has 0 atom stereocenters. The summed E-state index contributed by atoms with van der Waals surface area (Å²) in [5, 5.41) is 4.14. The fourth-order valence-electron chi connectivity index (χ4n) is 2.67. The number of nitrogens with one attached hydrogen (secondary N) is 1. The van der Waals surface area contributed by atoms with Gasteiger partial charge in [-0.2, -0.15) is 0 Å². The van der Waals surface area contributed by atoms with Crippen molar-refractivity contribution in [1.82, 2.24) is 5.32 Å². The molecule has 1 aromatic carbocycles. The zero-order valence-corrected chi connectivity index (χ0v) is 12.5. The third-order valence-corrected chi connectivity index (χ3v) is 4.35. The van der Waals surface area contributed by atoms with Gasteiger partial charge in [0.2, 0.25) is 6.79 Å². The number of fused-ring (bicyclic) bond motifs is 1. The second kappa shape index (κ2) is 5.80. The van der Waals surface area contributed by atoms with Crippen LogP contribution in [0.25, 0.3) is 0 Å². The molecule has 2 aliphatic rings. The van der Waals surface area contributed by atoms with Gasteiger partial charge in [0, 0.05) is 26.3 Å². The summed E-state index contributed by atoms with van der Waals surface area (Å²) in [6.45, 7) is 6.08. The van der Waals surface area contributed by atoms with Crippen LogP contribution in [0.5, 0.6) is 11.5 Å². The highest BCUT2D eigenvalue weighted by atomic mass is 35.5. The Labute approximate surface area is 124 Å². The molecule has 1 aromatic rings. The predicted molar refractivity (Wildman–Crippen MR) is 77.4 cm³/mol. The highest BCUT2D eigenvalue weighted by Gasteiger charge is 2.26. The van der Waals surface area contributed by atoms with Crippen molar-refractivity contribution in [3.8, 4) is 11.5 Å². The Morgan fingerprint density at radius 2 is 2.05 bits per heavy atom. The molecule has 1 N–H and O–H groups in total. The van der Waals surface area contributed by atoms with Crippen LogP contribution in [0.4, 0.5) is 0 Å². The van der Waals surface area contributed by atoms with Crippen LogP contribution in [0.15, 0.2) is 12.1 Å². The van der Waals surface area contributed by atoms with E-state index in [2.05, 4.69) is 12.2 Å². The Kier molecular flexibility index (Phi) is 4.06. The average Bonchev–Trinajstić information content (AvgIpc) is 2.88. The molecule has 1 saturated heterocycles. The molecular weight excluding hydrogens is 278 g/mol. The van der Waals surface area contributed by atoms with Gasteiger partial charge in [0.05, 0.1) is 5.02 Å². The molecule has 3 rings (SSSR count). The lowest BCUT2D eigenvalue weighted by Crippen LogP contribution is -2.36. The predicted octanol–water partition coefficient (Wildman–Crippen LogP) is 2.98. The molecule has 2 heterocycles. The van der Waals surface area contributed by atoms with E-state index in [0.29, 0.717) is 16.2 Å². The summed E-state index contributed by atoms with van der Waals surface area (Å²) >= 11 is 6.18. The Hall–Kier alpha value is -0.970. The van der Waals surface area contributed by atoms with Crippen LogP contribution in [0.3, 0.4) is 0 Å². The molecule has 0 radical (unpaired) electrons. The smallest absolute Gasteiger partial charge is 0.231 e. The van der Waals surface area contributed by atoms with E-state index in [4.69, 9.17) is 25.8 Å². The second-order valence-electron chi connectivity index (χ2n) is 5.84. The van der Waals surface area contributed by atoms with Gasteiger partial charge in [-0.1, -0.05) is 18.5 Å². The van der Waals surface area contributed by atoms with Crippen molar-refractivity contribution >= 4 is 11.6 Å². The molecule has 0 aliphatic carbocycles. The van der Waals surface area contributed by atoms with Crippen molar-refractivity contribution in [2.24, 2.45) is 5.41 Å². The van der Waals surface area contributed by atoms with Crippen LogP contribution >= 0.6 is 11.6 Å². The van der Waals surface area contributed by atoms with Crippen molar-refractivity contribution in [1.29, 1.82) is 0 Å². The number of ether oxygens (including phenoxy) is 3. The number of hydrogen-bond donors (Lipinski definition) is 1. The summed E-state index contributed by atoms with van der Waals surface area (Å²) in [4.78, 5) is 0. The van der Waals surface area contributed by atoms with Gasteiger partial charge < -0.3 is 19.5 Å². The Balaban J connectivity index is 1.57. The molecule has 0 amide bonds. The van der Waals surface area contributed by atoms with Gasteiger partial charge in [-0.15, -0.1) is 0 Å². The molecule has 0 spiro atoms. The van der Waals surface area contributed by atoms with Crippen LogP contribution < -0.4 is 14.8 Å². The molecule has 0 aromatic heterocycles. The Morgan fingerprint density at radius 3 is 2.85 bits per heavy atom. The molecule has 0 saturated carbocycles. The summed E-state index contributed by atoms with van der Waals surface area (Å²) in [6, 6.07) is 3.93. The van der Waals surface area contributed by atoms with Gasteiger partial charge in [-0.05, 0) is 36.0 Å². The molecule has 2 aliphatic heterocycles. The van der Waals surface area contributed by atoms with Gasteiger partial charge in [0.15, 0.2) is 11.5 Å². The lowest BCUT2D eigenvalue weighted by atomic mass is 9.82. The third kappa shape index (κ3) is 3.03. The number of rotatable bonds is 4. The summed E-state index contributed by atoms with van der Waals surface area (Å²) in [5.74, 6) is 1.40. The molecular formula is C15H20ClNO3. The topological polar surface area (TPSA) is 39.7 Å². The van der Waals surface area contributed by atoms with Crippen LogP contribution in [0.1, 0.15) is 25.3 Å². The monoisotopic (exact) mass is 297 g/mol. The molecule has 0 unspecified atom stereocenters. The van der Waals surface area contributed by atoms with E-state index in [9.17, 15) is 0 Å². The van der Waals surface area contributed by atoms with Gasteiger partial charge in [0.25, 0.3) is 0 Å². The molecule has 0 bridgehead atoms.